The summed E-state index contributed by atoms with van der Waals surface area (Å²) in [7, 11) is 0. The van der Waals surface area contributed by atoms with Gasteiger partial charge < -0.3 is 0 Å². The van der Waals surface area contributed by atoms with E-state index in [1.807, 2.05) is 0 Å². The molecule has 0 spiro atoms. The second-order valence-corrected chi connectivity index (χ2v) is 4.78. The van der Waals surface area contributed by atoms with Crippen molar-refractivity contribution in [3.05, 3.63) is 0 Å². The number of rotatable bonds is 2. The molecule has 2 rings (SSSR count). The molecule has 64 valence electrons. The second kappa shape index (κ2) is 2.97. The molecule has 0 amide bonds. The largest absolute Gasteiger partial charge is 0.126 e. The number of fused-ring (bicyclic) bond motifs is 2. The van der Waals surface area contributed by atoms with Crippen LogP contribution < -0.4 is 0 Å². The lowest BCUT2D eigenvalue weighted by Gasteiger charge is -2.26. The highest BCUT2D eigenvalue weighted by Gasteiger charge is 2.41. The predicted octanol–water partition coefficient (Wildman–Crippen LogP) is 3.30. The van der Waals surface area contributed by atoms with E-state index in [1.165, 1.54) is 25.7 Å². The van der Waals surface area contributed by atoms with E-state index in [-0.39, 0.29) is 0 Å². The van der Waals surface area contributed by atoms with Crippen LogP contribution in [0.5, 0.6) is 0 Å². The SMILES string of the molecule is CC(CCl)C1CC2CCC1C2. The van der Waals surface area contributed by atoms with Gasteiger partial charge in [0.1, 0.15) is 0 Å². The van der Waals surface area contributed by atoms with Crippen LogP contribution in [0.15, 0.2) is 0 Å². The monoisotopic (exact) mass is 172 g/mol. The third-order valence-corrected chi connectivity index (χ3v) is 4.25. The Hall–Kier alpha value is 0.290. The Morgan fingerprint density at radius 1 is 1.36 bits per heavy atom. The van der Waals surface area contributed by atoms with Gasteiger partial charge in [-0.15, -0.1) is 11.6 Å². The van der Waals surface area contributed by atoms with Gasteiger partial charge in [0.15, 0.2) is 0 Å². The molecule has 0 nitrogen and oxygen atoms in total. The highest BCUT2D eigenvalue weighted by molar-refractivity contribution is 6.18. The first-order valence-corrected chi connectivity index (χ1v) is 5.40. The zero-order valence-corrected chi connectivity index (χ0v) is 7.98. The first-order chi connectivity index (χ1) is 5.31. The molecule has 2 fully saturated rings. The summed E-state index contributed by atoms with van der Waals surface area (Å²) in [5.74, 6) is 4.75. The summed E-state index contributed by atoms with van der Waals surface area (Å²) in [6.45, 7) is 2.32. The Labute approximate surface area is 74.3 Å². The average Bonchev–Trinajstić information content (AvgIpc) is 2.62. The normalized spacial score (nSPS) is 44.7. The molecular weight excluding hydrogens is 156 g/mol. The van der Waals surface area contributed by atoms with Crippen LogP contribution in [0.2, 0.25) is 0 Å². The molecule has 2 aliphatic rings. The minimum absolute atomic E-state index is 0.770. The Morgan fingerprint density at radius 2 is 2.18 bits per heavy atom. The number of alkyl halides is 1. The molecule has 2 aliphatic carbocycles. The Balaban J connectivity index is 1.96. The van der Waals surface area contributed by atoms with Crippen molar-refractivity contribution in [3.8, 4) is 0 Å². The van der Waals surface area contributed by atoms with Crippen LogP contribution in [0.3, 0.4) is 0 Å². The fourth-order valence-electron chi connectivity index (χ4n) is 3.11. The maximum absolute atomic E-state index is 5.87. The fourth-order valence-corrected chi connectivity index (χ4v) is 3.33. The minimum Gasteiger partial charge on any atom is -0.126 e. The molecule has 1 heteroatoms. The van der Waals surface area contributed by atoms with Crippen molar-refractivity contribution < 1.29 is 0 Å². The van der Waals surface area contributed by atoms with Crippen molar-refractivity contribution >= 4 is 11.6 Å². The van der Waals surface area contributed by atoms with Crippen LogP contribution in [-0.4, -0.2) is 5.88 Å². The third-order valence-electron chi connectivity index (χ3n) is 3.77. The van der Waals surface area contributed by atoms with Crippen LogP contribution in [0, 0.1) is 23.7 Å². The summed E-state index contributed by atoms with van der Waals surface area (Å²) in [5, 5.41) is 0. The molecular formula is C10H17Cl. The van der Waals surface area contributed by atoms with E-state index in [2.05, 4.69) is 6.92 Å². The van der Waals surface area contributed by atoms with E-state index in [9.17, 15) is 0 Å². The van der Waals surface area contributed by atoms with Crippen molar-refractivity contribution in [2.24, 2.45) is 23.7 Å². The maximum atomic E-state index is 5.87. The summed E-state index contributed by atoms with van der Waals surface area (Å²) >= 11 is 5.87. The molecule has 0 aromatic rings. The molecule has 2 saturated carbocycles. The standard InChI is InChI=1S/C10H17Cl/c1-7(6-11)10-5-8-2-3-9(10)4-8/h7-10H,2-6H2,1H3. The van der Waals surface area contributed by atoms with Crippen LogP contribution >= 0.6 is 11.6 Å². The van der Waals surface area contributed by atoms with Crippen LogP contribution in [0.1, 0.15) is 32.6 Å². The minimum atomic E-state index is 0.770. The summed E-state index contributed by atoms with van der Waals surface area (Å²) < 4.78 is 0. The number of hydrogen-bond acceptors (Lipinski definition) is 0. The van der Waals surface area contributed by atoms with Gasteiger partial charge in [-0.25, -0.2) is 0 Å². The molecule has 0 radical (unpaired) electrons. The zero-order valence-electron chi connectivity index (χ0n) is 7.22. The van der Waals surface area contributed by atoms with Crippen LogP contribution in [-0.2, 0) is 0 Å². The van der Waals surface area contributed by atoms with Crippen molar-refractivity contribution in [3.63, 3.8) is 0 Å². The van der Waals surface area contributed by atoms with Gasteiger partial charge in [0.2, 0.25) is 0 Å². The van der Waals surface area contributed by atoms with Crippen molar-refractivity contribution in [1.29, 1.82) is 0 Å². The van der Waals surface area contributed by atoms with Gasteiger partial charge in [0, 0.05) is 5.88 Å². The third kappa shape index (κ3) is 1.30. The van der Waals surface area contributed by atoms with Crippen molar-refractivity contribution in [1.82, 2.24) is 0 Å². The summed E-state index contributed by atoms with van der Waals surface area (Å²) in [6.07, 6.45) is 6.01. The molecule has 0 aliphatic heterocycles. The smallest absolute Gasteiger partial charge is 0.0251 e. The molecule has 0 aromatic carbocycles. The molecule has 0 saturated heterocycles. The van der Waals surface area contributed by atoms with E-state index >= 15 is 0 Å². The highest BCUT2D eigenvalue weighted by Crippen LogP contribution is 2.51. The molecule has 4 atom stereocenters. The van der Waals surface area contributed by atoms with E-state index in [0.717, 1.165) is 29.6 Å². The number of hydrogen-bond donors (Lipinski definition) is 0. The summed E-state index contributed by atoms with van der Waals surface area (Å²) in [4.78, 5) is 0. The predicted molar refractivity (Wildman–Crippen MR) is 48.8 cm³/mol. The van der Waals surface area contributed by atoms with Crippen LogP contribution in [0.25, 0.3) is 0 Å². The van der Waals surface area contributed by atoms with Crippen molar-refractivity contribution in [2.75, 3.05) is 5.88 Å². The molecule has 0 aromatic heterocycles. The molecule has 0 heterocycles. The van der Waals surface area contributed by atoms with Gasteiger partial charge in [0.05, 0.1) is 0 Å². The molecule has 2 bridgehead atoms. The molecule has 11 heavy (non-hydrogen) atoms. The lowest BCUT2D eigenvalue weighted by atomic mass is 9.81. The lowest BCUT2D eigenvalue weighted by molar-refractivity contribution is 0.258. The second-order valence-electron chi connectivity index (χ2n) is 4.47. The topological polar surface area (TPSA) is 0 Å². The number of halogens is 1. The van der Waals surface area contributed by atoms with Gasteiger partial charge in [-0.1, -0.05) is 13.3 Å². The molecule has 4 unspecified atom stereocenters. The zero-order chi connectivity index (χ0) is 7.84. The fraction of sp³-hybridized carbons (Fsp3) is 1.00. The van der Waals surface area contributed by atoms with Gasteiger partial charge in [-0.3, -0.25) is 0 Å². The van der Waals surface area contributed by atoms with Crippen molar-refractivity contribution in [2.45, 2.75) is 32.6 Å². The molecule has 0 N–H and O–H groups in total. The van der Waals surface area contributed by atoms with E-state index < -0.39 is 0 Å². The average molecular weight is 173 g/mol. The Bertz CT molecular complexity index is 144. The van der Waals surface area contributed by atoms with E-state index in [4.69, 9.17) is 11.6 Å². The maximum Gasteiger partial charge on any atom is 0.0251 e. The van der Waals surface area contributed by atoms with Gasteiger partial charge in [0.25, 0.3) is 0 Å². The van der Waals surface area contributed by atoms with Gasteiger partial charge >= 0.3 is 0 Å². The van der Waals surface area contributed by atoms with Crippen LogP contribution in [0.4, 0.5) is 0 Å². The summed E-state index contributed by atoms with van der Waals surface area (Å²) in [6, 6.07) is 0. The van der Waals surface area contributed by atoms with Gasteiger partial charge in [-0.05, 0) is 42.9 Å². The first-order valence-electron chi connectivity index (χ1n) is 4.87. The lowest BCUT2D eigenvalue weighted by Crippen LogP contribution is -2.19. The summed E-state index contributed by atoms with van der Waals surface area (Å²) in [5.41, 5.74) is 0. The Kier molecular flexibility index (Phi) is 2.14. The quantitative estimate of drug-likeness (QED) is 0.561. The Morgan fingerprint density at radius 3 is 2.64 bits per heavy atom. The van der Waals surface area contributed by atoms with E-state index in [1.54, 1.807) is 0 Å². The highest BCUT2D eigenvalue weighted by atomic mass is 35.5. The first kappa shape index (κ1) is 7.91. The van der Waals surface area contributed by atoms with Gasteiger partial charge in [-0.2, -0.15) is 0 Å². The van der Waals surface area contributed by atoms with E-state index in [0.29, 0.717) is 0 Å².